The van der Waals surface area contributed by atoms with Crippen LogP contribution in [0.3, 0.4) is 0 Å². The molecule has 6 aromatic rings. The van der Waals surface area contributed by atoms with Crippen molar-refractivity contribution in [2.24, 2.45) is 0 Å². The topological polar surface area (TPSA) is 219 Å². The van der Waals surface area contributed by atoms with Gasteiger partial charge in [0.1, 0.15) is 24.3 Å². The lowest BCUT2D eigenvalue weighted by Crippen LogP contribution is -2.19. The molecule has 6 N–H and O–H groups in total. The molecule has 0 bridgehead atoms. The highest BCUT2D eigenvalue weighted by Gasteiger charge is 2.20. The largest absolute Gasteiger partial charge is 0.493 e. The summed E-state index contributed by atoms with van der Waals surface area (Å²) in [5.41, 5.74) is 16.8. The van der Waals surface area contributed by atoms with Gasteiger partial charge in [0, 0.05) is 38.8 Å². The number of imidazole rings is 2. The van der Waals surface area contributed by atoms with Crippen molar-refractivity contribution in [2.45, 2.75) is 64.5 Å². The first kappa shape index (κ1) is 46.5. The zero-order chi connectivity index (χ0) is 45.3. The summed E-state index contributed by atoms with van der Waals surface area (Å²) in [6, 6.07) is 7.69. The van der Waals surface area contributed by atoms with Crippen LogP contribution in [0.25, 0.3) is 22.3 Å². The van der Waals surface area contributed by atoms with Gasteiger partial charge in [-0.2, -0.15) is 0 Å². The van der Waals surface area contributed by atoms with Crippen molar-refractivity contribution in [1.29, 1.82) is 0 Å². The number of benzene rings is 2. The van der Waals surface area contributed by atoms with Crippen LogP contribution in [-0.4, -0.2) is 108 Å². The minimum Gasteiger partial charge on any atom is -0.493 e. The van der Waals surface area contributed by atoms with Crippen molar-refractivity contribution in [3.8, 4) is 58.2 Å². The summed E-state index contributed by atoms with van der Waals surface area (Å²) in [4.78, 5) is 26.9. The van der Waals surface area contributed by atoms with Gasteiger partial charge >= 0.3 is 0 Å². The number of nitrogens with one attached hydrogen (secondary N) is 2. The number of aryl methyl sites for hydroxylation is 2. The van der Waals surface area contributed by atoms with Crippen molar-refractivity contribution in [3.63, 3.8) is 0 Å². The van der Waals surface area contributed by atoms with Gasteiger partial charge in [-0.25, -0.2) is 29.9 Å². The number of nitrogen functional groups attached to an aromatic ring is 2. The first-order valence-electron chi connectivity index (χ1n) is 21.2. The third-order valence-corrected chi connectivity index (χ3v) is 10.5. The minimum atomic E-state index is 0.346. The molecule has 0 aliphatic carbocycles. The molecule has 0 radical (unpaired) electrons. The van der Waals surface area contributed by atoms with Crippen LogP contribution in [0.2, 0.25) is 0 Å². The second-order valence-corrected chi connectivity index (χ2v) is 14.6. The lowest BCUT2D eigenvalue weighted by Gasteiger charge is -2.14. The molecule has 18 heteroatoms. The zero-order valence-corrected chi connectivity index (χ0v) is 37.5. The highest BCUT2D eigenvalue weighted by molar-refractivity contribution is 5.82. The van der Waals surface area contributed by atoms with Crippen LogP contribution >= 0.6 is 0 Å². The van der Waals surface area contributed by atoms with Gasteiger partial charge in [0.05, 0.1) is 55.7 Å². The predicted molar refractivity (Wildman–Crippen MR) is 246 cm³/mol. The van der Waals surface area contributed by atoms with Gasteiger partial charge in [-0.3, -0.25) is 0 Å². The van der Waals surface area contributed by atoms with Crippen molar-refractivity contribution < 1.29 is 28.4 Å². The predicted octanol–water partition coefficient (Wildman–Crippen LogP) is 4.59. The molecule has 64 heavy (non-hydrogen) atoms. The summed E-state index contributed by atoms with van der Waals surface area (Å²) >= 11 is 0. The third-order valence-electron chi connectivity index (χ3n) is 10.5. The number of unbranched alkanes of at least 4 members (excludes halogenated alkanes) is 3. The van der Waals surface area contributed by atoms with Gasteiger partial charge in [-0.05, 0) is 74.2 Å². The Labute approximate surface area is 373 Å². The van der Waals surface area contributed by atoms with E-state index in [-0.39, 0.29) is 0 Å². The van der Waals surface area contributed by atoms with Crippen molar-refractivity contribution in [3.05, 3.63) is 59.7 Å². The number of hydrogen-bond acceptors (Lipinski definition) is 16. The lowest BCUT2D eigenvalue weighted by atomic mass is 10.1. The molecule has 4 aromatic heterocycles. The van der Waals surface area contributed by atoms with E-state index in [1.165, 1.54) is 12.7 Å². The van der Waals surface area contributed by atoms with Crippen LogP contribution in [0.1, 0.15) is 61.3 Å². The smallest absolute Gasteiger partial charge is 0.203 e. The monoisotopic (exact) mass is 874 g/mol. The van der Waals surface area contributed by atoms with E-state index in [1.807, 2.05) is 24.3 Å². The van der Waals surface area contributed by atoms with Crippen molar-refractivity contribution >= 4 is 34.0 Å². The molecule has 0 unspecified atom stereocenters. The number of rotatable bonds is 23. The molecule has 0 spiro atoms. The Bertz CT molecular complexity index is 2390. The third kappa shape index (κ3) is 11.5. The van der Waals surface area contributed by atoms with E-state index < -0.39 is 0 Å². The van der Waals surface area contributed by atoms with Gasteiger partial charge < -0.3 is 59.7 Å². The van der Waals surface area contributed by atoms with E-state index >= 15 is 0 Å². The number of ether oxygens (including phenoxy) is 6. The Kier molecular flexibility index (Phi) is 17.0. The minimum absolute atomic E-state index is 0.346. The second-order valence-electron chi connectivity index (χ2n) is 14.6. The average Bonchev–Trinajstić information content (AvgIpc) is 3.85. The molecule has 0 amide bonds. The van der Waals surface area contributed by atoms with Gasteiger partial charge in [-0.15, -0.1) is 11.8 Å². The number of nitrogens with zero attached hydrogens (tertiary/aromatic N) is 8. The Morgan fingerprint density at radius 3 is 1.27 bits per heavy atom. The molecule has 18 nitrogen and oxygen atoms in total. The van der Waals surface area contributed by atoms with Crippen LogP contribution in [0.5, 0.6) is 34.5 Å². The number of hydrogen-bond donors (Lipinski definition) is 4. The van der Waals surface area contributed by atoms with Crippen LogP contribution in [0, 0.1) is 23.7 Å². The number of anilines is 2. The van der Waals surface area contributed by atoms with Crippen LogP contribution in [0.4, 0.5) is 11.6 Å². The maximum absolute atomic E-state index is 6.18. The maximum atomic E-state index is 6.18. The quantitative estimate of drug-likeness (QED) is 0.0511. The molecule has 338 valence electrons. The van der Waals surface area contributed by atoms with E-state index in [4.69, 9.17) is 49.9 Å². The molecular weight excluding hydrogens is 817 g/mol. The number of nitrogens with two attached hydrogens (primary N) is 2. The highest BCUT2D eigenvalue weighted by atomic mass is 16.5. The van der Waals surface area contributed by atoms with E-state index in [0.29, 0.717) is 107 Å². The molecule has 0 aliphatic rings. The first-order chi connectivity index (χ1) is 31.3. The Morgan fingerprint density at radius 1 is 0.516 bits per heavy atom. The molecule has 2 aromatic carbocycles. The summed E-state index contributed by atoms with van der Waals surface area (Å²) in [7, 11) is 9.57. The maximum Gasteiger partial charge on any atom is 0.203 e. The van der Waals surface area contributed by atoms with E-state index in [2.05, 4.69) is 63.4 Å². The standard InChI is InChI=1S/C46H58N12O6/c1-59-33-23-31(24-34(60-2)41(33)63-5)27-37-55-39-43(47)51-29-53-45(39)57(37)21-15-9-7-11-17-49-19-13-14-20-50-18-12-8-10-16-22-58-38(56-40-44(48)52-30-54-46(40)58)28-32-25-35(61-3)42(64-6)36(26-32)62-4/h23-26,29-30,49-50H,9-10,13-22,27-28H2,1-6H3,(H2,47,51,53)(H2,48,52,54). The number of methoxy groups -OCH3 is 6. The molecule has 0 aliphatic heterocycles. The highest BCUT2D eigenvalue weighted by Crippen LogP contribution is 2.40. The van der Waals surface area contributed by atoms with Gasteiger partial charge in [0.2, 0.25) is 11.5 Å². The zero-order valence-electron chi connectivity index (χ0n) is 37.5. The molecular formula is C46H58N12O6. The van der Waals surface area contributed by atoms with Crippen LogP contribution in [0.15, 0.2) is 36.9 Å². The van der Waals surface area contributed by atoms with Crippen LogP contribution in [-0.2, 0) is 25.9 Å². The average molecular weight is 875 g/mol. The fourth-order valence-electron chi connectivity index (χ4n) is 7.33. The van der Waals surface area contributed by atoms with Crippen LogP contribution < -0.4 is 50.5 Å². The van der Waals surface area contributed by atoms with Crippen molar-refractivity contribution in [1.82, 2.24) is 49.7 Å². The first-order valence-corrected chi connectivity index (χ1v) is 21.2. The van der Waals surface area contributed by atoms with Gasteiger partial charge in [0.15, 0.2) is 57.0 Å². The van der Waals surface area contributed by atoms with Crippen molar-refractivity contribution in [2.75, 3.05) is 80.3 Å². The summed E-state index contributed by atoms with van der Waals surface area (Å²) in [6.45, 7) is 4.45. The van der Waals surface area contributed by atoms with E-state index in [1.54, 1.807) is 42.7 Å². The SMILES string of the molecule is COc1cc(Cc2nc3c(N)ncnc3n2CCCC#CCNCCCCNCC#CCCCn2c(Cc3cc(OC)c(OC)c(OC)c3)nc3c(N)ncnc32)cc(OC)c1OC. The summed E-state index contributed by atoms with van der Waals surface area (Å²) in [5.74, 6) is 18.8. The number of aromatic nitrogens is 8. The van der Waals surface area contributed by atoms with E-state index in [9.17, 15) is 0 Å². The number of fused-ring (bicyclic) bond motifs is 2. The fourth-order valence-corrected chi connectivity index (χ4v) is 7.33. The summed E-state index contributed by atoms with van der Waals surface area (Å²) in [5, 5.41) is 6.85. The second kappa shape index (κ2) is 23.4. The Hall–Kier alpha value is -7.02. The van der Waals surface area contributed by atoms with E-state index in [0.717, 1.165) is 74.4 Å². The lowest BCUT2D eigenvalue weighted by molar-refractivity contribution is 0.324. The molecule has 0 saturated carbocycles. The molecule has 0 fully saturated rings. The fraction of sp³-hybridized carbons (Fsp3) is 0.435. The summed E-state index contributed by atoms with van der Waals surface area (Å²) in [6.07, 6.45) is 9.15. The normalized spacial score (nSPS) is 10.9. The van der Waals surface area contributed by atoms with Gasteiger partial charge in [-0.1, -0.05) is 11.8 Å². The molecule has 4 heterocycles. The molecule has 6 rings (SSSR count). The Morgan fingerprint density at radius 2 is 0.906 bits per heavy atom. The molecule has 0 saturated heterocycles. The summed E-state index contributed by atoms with van der Waals surface area (Å²) < 4.78 is 37.4. The van der Waals surface area contributed by atoms with Gasteiger partial charge in [0.25, 0.3) is 0 Å². The molecule has 0 atom stereocenters. The Balaban J connectivity index is 0.880.